The Kier molecular flexibility index (Phi) is 2.83. The lowest BCUT2D eigenvalue weighted by molar-refractivity contribution is -0.122. The topological polar surface area (TPSA) is 52.3 Å². The van der Waals surface area contributed by atoms with Gasteiger partial charge in [-0.05, 0) is 13.0 Å². The van der Waals surface area contributed by atoms with Gasteiger partial charge < -0.3 is 10.5 Å². The van der Waals surface area contributed by atoms with Gasteiger partial charge in [0.2, 0.25) is 0 Å². The molecule has 0 aromatic carbocycles. The summed E-state index contributed by atoms with van der Waals surface area (Å²) in [5.41, 5.74) is 5.24. The molecule has 0 aromatic heterocycles. The molecule has 0 aliphatic carbocycles. The molecule has 3 heteroatoms. The normalized spacial score (nSPS) is 25.1. The van der Waals surface area contributed by atoms with Gasteiger partial charge in [-0.15, -0.1) is 0 Å². The Hall–Kier alpha value is -0.410. The summed E-state index contributed by atoms with van der Waals surface area (Å²) in [5.74, 6) is 0.406. The van der Waals surface area contributed by atoms with E-state index < -0.39 is 0 Å². The van der Waals surface area contributed by atoms with Crippen LogP contribution in [0.5, 0.6) is 0 Å². The van der Waals surface area contributed by atoms with Crippen LogP contribution in [0, 0.1) is 5.92 Å². The quantitative estimate of drug-likeness (QED) is 0.602. The number of ketones is 1. The van der Waals surface area contributed by atoms with Gasteiger partial charge in [-0.1, -0.05) is 0 Å². The van der Waals surface area contributed by atoms with Crippen LogP contribution >= 0.6 is 0 Å². The molecule has 1 aliphatic heterocycles. The van der Waals surface area contributed by atoms with E-state index in [1.54, 1.807) is 0 Å². The van der Waals surface area contributed by atoms with Gasteiger partial charge in [0.25, 0.3) is 0 Å². The zero-order valence-electron chi connectivity index (χ0n) is 6.01. The summed E-state index contributed by atoms with van der Waals surface area (Å²) in [6, 6.07) is 0. The lowest BCUT2D eigenvalue weighted by atomic mass is 10.0. The van der Waals surface area contributed by atoms with Crippen LogP contribution in [0.25, 0.3) is 0 Å². The Bertz CT molecular complexity index is 119. The molecule has 0 bridgehead atoms. The molecule has 1 rings (SSSR count). The standard InChI is InChI=1S/C7H13NO2/c8-3-1-7(9)6-2-4-10-5-6/h6H,1-5,8H2. The minimum absolute atomic E-state index is 0.142. The zero-order valence-corrected chi connectivity index (χ0v) is 6.01. The Balaban J connectivity index is 2.25. The number of hydrogen-bond acceptors (Lipinski definition) is 3. The third-order valence-electron chi connectivity index (χ3n) is 1.78. The second kappa shape index (κ2) is 3.68. The maximum Gasteiger partial charge on any atom is 0.139 e. The number of hydrogen-bond donors (Lipinski definition) is 1. The van der Waals surface area contributed by atoms with Gasteiger partial charge in [0, 0.05) is 18.9 Å². The zero-order chi connectivity index (χ0) is 7.40. The van der Waals surface area contributed by atoms with Crippen molar-refractivity contribution in [3.05, 3.63) is 0 Å². The molecule has 2 N–H and O–H groups in total. The summed E-state index contributed by atoms with van der Waals surface area (Å²) in [4.78, 5) is 11.1. The van der Waals surface area contributed by atoms with Gasteiger partial charge in [0.05, 0.1) is 6.61 Å². The average Bonchev–Trinajstić information content (AvgIpc) is 2.38. The first-order valence-electron chi connectivity index (χ1n) is 3.65. The van der Waals surface area contributed by atoms with Crippen LogP contribution in [0.1, 0.15) is 12.8 Å². The van der Waals surface area contributed by atoms with Crippen LogP contribution in [-0.2, 0) is 9.53 Å². The SMILES string of the molecule is NCCC(=O)C1CCOC1. The third kappa shape index (κ3) is 1.78. The summed E-state index contributed by atoms with van der Waals surface area (Å²) >= 11 is 0. The first-order valence-corrected chi connectivity index (χ1v) is 3.65. The number of rotatable bonds is 3. The average molecular weight is 143 g/mol. The maximum absolute atomic E-state index is 11.1. The first-order chi connectivity index (χ1) is 4.84. The van der Waals surface area contributed by atoms with E-state index in [1.807, 2.05) is 0 Å². The Labute approximate surface area is 60.5 Å². The molecule has 1 aliphatic rings. The highest BCUT2D eigenvalue weighted by atomic mass is 16.5. The van der Waals surface area contributed by atoms with Crippen LogP contribution < -0.4 is 5.73 Å². The molecule has 1 saturated heterocycles. The lowest BCUT2D eigenvalue weighted by Gasteiger charge is -2.02. The molecule has 58 valence electrons. The molecule has 1 atom stereocenters. The molecule has 10 heavy (non-hydrogen) atoms. The summed E-state index contributed by atoms with van der Waals surface area (Å²) < 4.78 is 5.06. The number of ether oxygens (including phenoxy) is 1. The summed E-state index contributed by atoms with van der Waals surface area (Å²) in [6.45, 7) is 1.81. The monoisotopic (exact) mass is 143 g/mol. The molecule has 0 spiro atoms. The van der Waals surface area contributed by atoms with Crippen molar-refractivity contribution in [3.63, 3.8) is 0 Å². The van der Waals surface area contributed by atoms with E-state index in [0.29, 0.717) is 19.6 Å². The Morgan fingerprint density at radius 1 is 1.70 bits per heavy atom. The Morgan fingerprint density at radius 2 is 2.50 bits per heavy atom. The summed E-state index contributed by atoms with van der Waals surface area (Å²) in [5, 5.41) is 0. The van der Waals surface area contributed by atoms with E-state index in [4.69, 9.17) is 10.5 Å². The number of carbonyl (C=O) groups is 1. The van der Waals surface area contributed by atoms with Gasteiger partial charge >= 0.3 is 0 Å². The predicted octanol–water partition coefficient (Wildman–Crippen LogP) is -0.0592. The van der Waals surface area contributed by atoms with Crippen molar-refractivity contribution in [1.82, 2.24) is 0 Å². The van der Waals surface area contributed by atoms with Crippen LogP contribution in [-0.4, -0.2) is 25.5 Å². The maximum atomic E-state index is 11.1. The molecule has 0 amide bonds. The molecule has 0 aromatic rings. The second-order valence-corrected chi connectivity index (χ2v) is 2.57. The van der Waals surface area contributed by atoms with Crippen molar-refractivity contribution in [2.45, 2.75) is 12.8 Å². The molecular weight excluding hydrogens is 130 g/mol. The fraction of sp³-hybridized carbons (Fsp3) is 0.857. The first kappa shape index (κ1) is 7.69. The fourth-order valence-corrected chi connectivity index (χ4v) is 1.13. The number of nitrogens with two attached hydrogens (primary N) is 1. The summed E-state index contributed by atoms with van der Waals surface area (Å²) in [6.07, 6.45) is 1.40. The molecule has 3 nitrogen and oxygen atoms in total. The molecular formula is C7H13NO2. The van der Waals surface area contributed by atoms with Crippen molar-refractivity contribution in [2.75, 3.05) is 19.8 Å². The van der Waals surface area contributed by atoms with Gasteiger partial charge in [0.15, 0.2) is 0 Å². The third-order valence-corrected chi connectivity index (χ3v) is 1.78. The van der Waals surface area contributed by atoms with Gasteiger partial charge in [0.1, 0.15) is 5.78 Å². The highest BCUT2D eigenvalue weighted by Crippen LogP contribution is 2.14. The molecule has 1 fully saturated rings. The van der Waals surface area contributed by atoms with Crippen LogP contribution in [0.2, 0.25) is 0 Å². The highest BCUT2D eigenvalue weighted by Gasteiger charge is 2.21. The fourth-order valence-electron chi connectivity index (χ4n) is 1.13. The van der Waals surface area contributed by atoms with E-state index in [9.17, 15) is 4.79 Å². The van der Waals surface area contributed by atoms with Crippen molar-refractivity contribution < 1.29 is 9.53 Å². The predicted molar refractivity (Wildman–Crippen MR) is 37.6 cm³/mol. The molecule has 0 saturated carbocycles. The number of Topliss-reactive ketones (excluding diaryl/α,β-unsaturated/α-hetero) is 1. The highest BCUT2D eigenvalue weighted by molar-refractivity contribution is 5.81. The smallest absolute Gasteiger partial charge is 0.139 e. The van der Waals surface area contributed by atoms with Crippen molar-refractivity contribution in [3.8, 4) is 0 Å². The van der Waals surface area contributed by atoms with E-state index in [1.165, 1.54) is 0 Å². The lowest BCUT2D eigenvalue weighted by Crippen LogP contribution is -2.17. The van der Waals surface area contributed by atoms with E-state index >= 15 is 0 Å². The molecule has 1 unspecified atom stereocenters. The van der Waals surface area contributed by atoms with Crippen LogP contribution in [0.4, 0.5) is 0 Å². The Morgan fingerprint density at radius 3 is 3.00 bits per heavy atom. The minimum atomic E-state index is 0.142. The molecule has 0 radical (unpaired) electrons. The van der Waals surface area contributed by atoms with Gasteiger partial charge in [-0.25, -0.2) is 0 Å². The summed E-state index contributed by atoms with van der Waals surface area (Å²) in [7, 11) is 0. The van der Waals surface area contributed by atoms with Crippen molar-refractivity contribution in [1.29, 1.82) is 0 Å². The van der Waals surface area contributed by atoms with Crippen LogP contribution in [0.3, 0.4) is 0 Å². The largest absolute Gasteiger partial charge is 0.381 e. The van der Waals surface area contributed by atoms with Gasteiger partial charge in [-0.2, -0.15) is 0 Å². The van der Waals surface area contributed by atoms with Crippen molar-refractivity contribution in [2.24, 2.45) is 11.7 Å². The van der Waals surface area contributed by atoms with E-state index in [-0.39, 0.29) is 11.7 Å². The van der Waals surface area contributed by atoms with E-state index in [2.05, 4.69) is 0 Å². The van der Waals surface area contributed by atoms with Crippen molar-refractivity contribution >= 4 is 5.78 Å². The minimum Gasteiger partial charge on any atom is -0.381 e. The molecule has 1 heterocycles. The number of carbonyl (C=O) groups excluding carboxylic acids is 1. The second-order valence-electron chi connectivity index (χ2n) is 2.57. The van der Waals surface area contributed by atoms with E-state index in [0.717, 1.165) is 13.0 Å². The van der Waals surface area contributed by atoms with Gasteiger partial charge in [-0.3, -0.25) is 4.79 Å². The van der Waals surface area contributed by atoms with Crippen LogP contribution in [0.15, 0.2) is 0 Å².